The average molecular weight is 228 g/mol. The highest BCUT2D eigenvalue weighted by molar-refractivity contribution is 7.11. The van der Waals surface area contributed by atoms with E-state index in [1.54, 1.807) is 18.4 Å². The predicted octanol–water partition coefficient (Wildman–Crippen LogP) is 2.36. The summed E-state index contributed by atoms with van der Waals surface area (Å²) < 4.78 is 5.34. The van der Waals surface area contributed by atoms with E-state index in [4.69, 9.17) is 4.74 Å². The van der Waals surface area contributed by atoms with Gasteiger partial charge in [0.05, 0.1) is 10.6 Å². The lowest BCUT2D eigenvalue weighted by atomic mass is 10.1. The number of aromatic nitrogens is 1. The molecule has 0 fully saturated rings. The van der Waals surface area contributed by atoms with E-state index in [0.717, 1.165) is 24.5 Å². The third-order valence-electron chi connectivity index (χ3n) is 2.42. The Labute approximate surface area is 95.9 Å². The third-order valence-corrected chi connectivity index (χ3v) is 3.34. The number of rotatable bonds is 6. The molecule has 0 aliphatic rings. The molecule has 86 valence electrons. The molecule has 0 bridgehead atoms. The van der Waals surface area contributed by atoms with Gasteiger partial charge in [0.25, 0.3) is 0 Å². The van der Waals surface area contributed by atoms with E-state index in [0.29, 0.717) is 0 Å². The van der Waals surface area contributed by atoms with E-state index in [1.807, 2.05) is 13.1 Å². The predicted molar refractivity (Wildman–Crippen MR) is 64.3 cm³/mol. The second-order valence-electron chi connectivity index (χ2n) is 4.24. The molecule has 0 saturated heterocycles. The lowest BCUT2D eigenvalue weighted by Gasteiger charge is -2.22. The standard InChI is InChI=1S/C11H20N2OS/c1-9-13-8-10(15-9)7-12-6-5-11(2,3)14-4/h8,12H,5-7H2,1-4H3. The van der Waals surface area contributed by atoms with Crippen LogP contribution in [0.1, 0.15) is 30.2 Å². The molecule has 0 spiro atoms. The van der Waals surface area contributed by atoms with Gasteiger partial charge in [0.1, 0.15) is 0 Å². The van der Waals surface area contributed by atoms with Crippen LogP contribution in [-0.2, 0) is 11.3 Å². The molecule has 0 unspecified atom stereocenters. The summed E-state index contributed by atoms with van der Waals surface area (Å²) in [6.45, 7) is 8.11. The van der Waals surface area contributed by atoms with Crippen LogP contribution in [0.25, 0.3) is 0 Å². The molecular formula is C11H20N2OS. The molecule has 1 rings (SSSR count). The van der Waals surface area contributed by atoms with E-state index in [9.17, 15) is 0 Å². The molecule has 0 aromatic carbocycles. The van der Waals surface area contributed by atoms with E-state index < -0.39 is 0 Å². The average Bonchev–Trinajstić information content (AvgIpc) is 2.59. The van der Waals surface area contributed by atoms with Crippen molar-refractivity contribution in [3.8, 4) is 0 Å². The lowest BCUT2D eigenvalue weighted by molar-refractivity contribution is 0.0158. The zero-order chi connectivity index (χ0) is 11.3. The number of methoxy groups -OCH3 is 1. The fourth-order valence-electron chi connectivity index (χ4n) is 1.19. The summed E-state index contributed by atoms with van der Waals surface area (Å²) in [5.74, 6) is 0. The van der Waals surface area contributed by atoms with Crippen molar-refractivity contribution in [2.24, 2.45) is 0 Å². The number of aryl methyl sites for hydroxylation is 1. The normalized spacial score (nSPS) is 12.0. The molecule has 0 amide bonds. The Morgan fingerprint density at radius 3 is 2.80 bits per heavy atom. The van der Waals surface area contributed by atoms with Gasteiger partial charge in [-0.15, -0.1) is 11.3 Å². The minimum Gasteiger partial charge on any atom is -0.379 e. The van der Waals surface area contributed by atoms with Crippen LogP contribution in [0.2, 0.25) is 0 Å². The van der Waals surface area contributed by atoms with Crippen LogP contribution in [0.3, 0.4) is 0 Å². The lowest BCUT2D eigenvalue weighted by Crippen LogP contribution is -2.28. The monoisotopic (exact) mass is 228 g/mol. The summed E-state index contributed by atoms with van der Waals surface area (Å²) in [5, 5.41) is 4.52. The van der Waals surface area contributed by atoms with E-state index in [2.05, 4.69) is 24.1 Å². The second-order valence-corrected chi connectivity index (χ2v) is 5.56. The number of thiazole rings is 1. The number of hydrogen-bond donors (Lipinski definition) is 1. The van der Waals surface area contributed by atoms with Crippen molar-refractivity contribution < 1.29 is 4.74 Å². The first-order chi connectivity index (χ1) is 7.03. The van der Waals surface area contributed by atoms with Crippen LogP contribution in [0, 0.1) is 6.92 Å². The summed E-state index contributed by atoms with van der Waals surface area (Å²) in [4.78, 5) is 5.51. The Balaban J connectivity index is 2.17. The van der Waals surface area contributed by atoms with Crippen molar-refractivity contribution in [2.75, 3.05) is 13.7 Å². The van der Waals surface area contributed by atoms with E-state index in [-0.39, 0.29) is 5.60 Å². The largest absolute Gasteiger partial charge is 0.379 e. The van der Waals surface area contributed by atoms with Gasteiger partial charge >= 0.3 is 0 Å². The minimum absolute atomic E-state index is 0.0311. The number of ether oxygens (including phenoxy) is 1. The van der Waals surface area contributed by atoms with Gasteiger partial charge in [0, 0.05) is 24.7 Å². The van der Waals surface area contributed by atoms with Gasteiger partial charge in [-0.05, 0) is 33.7 Å². The zero-order valence-corrected chi connectivity index (χ0v) is 10.8. The minimum atomic E-state index is -0.0311. The Kier molecular flexibility index (Phi) is 4.70. The molecule has 0 radical (unpaired) electrons. The van der Waals surface area contributed by atoms with Crippen LogP contribution in [-0.4, -0.2) is 24.2 Å². The first-order valence-corrected chi connectivity index (χ1v) is 6.02. The van der Waals surface area contributed by atoms with Crippen molar-refractivity contribution in [1.82, 2.24) is 10.3 Å². The molecule has 1 N–H and O–H groups in total. The van der Waals surface area contributed by atoms with Crippen molar-refractivity contribution in [3.63, 3.8) is 0 Å². The van der Waals surface area contributed by atoms with E-state index in [1.165, 1.54) is 4.88 Å². The first kappa shape index (κ1) is 12.6. The highest BCUT2D eigenvalue weighted by Crippen LogP contribution is 2.13. The molecule has 0 aliphatic heterocycles. The SMILES string of the molecule is COC(C)(C)CCNCc1cnc(C)s1. The Morgan fingerprint density at radius 2 is 2.27 bits per heavy atom. The number of nitrogens with one attached hydrogen (secondary N) is 1. The van der Waals surface area contributed by atoms with Crippen LogP contribution in [0.4, 0.5) is 0 Å². The Bertz CT molecular complexity index is 297. The highest BCUT2D eigenvalue weighted by atomic mass is 32.1. The van der Waals surface area contributed by atoms with Gasteiger partial charge in [-0.25, -0.2) is 4.98 Å². The van der Waals surface area contributed by atoms with Gasteiger partial charge in [0.15, 0.2) is 0 Å². The maximum Gasteiger partial charge on any atom is 0.0897 e. The topological polar surface area (TPSA) is 34.1 Å². The molecule has 1 heterocycles. The molecule has 3 nitrogen and oxygen atoms in total. The summed E-state index contributed by atoms with van der Waals surface area (Å²) in [6, 6.07) is 0. The fourth-order valence-corrected chi connectivity index (χ4v) is 1.95. The van der Waals surface area contributed by atoms with Gasteiger partial charge < -0.3 is 10.1 Å². The van der Waals surface area contributed by atoms with Crippen LogP contribution in [0.15, 0.2) is 6.20 Å². The molecule has 4 heteroatoms. The maximum absolute atomic E-state index is 5.34. The smallest absolute Gasteiger partial charge is 0.0897 e. The van der Waals surface area contributed by atoms with Crippen molar-refractivity contribution in [2.45, 2.75) is 39.3 Å². The van der Waals surface area contributed by atoms with Crippen LogP contribution in [0.5, 0.6) is 0 Å². The molecule has 1 aromatic rings. The third kappa shape index (κ3) is 4.73. The van der Waals surface area contributed by atoms with Crippen molar-refractivity contribution in [3.05, 3.63) is 16.1 Å². The second kappa shape index (κ2) is 5.58. The maximum atomic E-state index is 5.34. The van der Waals surface area contributed by atoms with Crippen molar-refractivity contribution in [1.29, 1.82) is 0 Å². The van der Waals surface area contributed by atoms with Crippen LogP contribution < -0.4 is 5.32 Å². The Morgan fingerprint density at radius 1 is 1.53 bits per heavy atom. The number of nitrogens with zero attached hydrogens (tertiary/aromatic N) is 1. The summed E-state index contributed by atoms with van der Waals surface area (Å²) in [6.07, 6.45) is 2.95. The quantitative estimate of drug-likeness (QED) is 0.759. The molecular weight excluding hydrogens is 208 g/mol. The van der Waals surface area contributed by atoms with Crippen molar-refractivity contribution >= 4 is 11.3 Å². The number of hydrogen-bond acceptors (Lipinski definition) is 4. The molecule has 1 aromatic heterocycles. The molecule has 0 saturated carbocycles. The molecule has 0 atom stereocenters. The highest BCUT2D eigenvalue weighted by Gasteiger charge is 2.14. The zero-order valence-electron chi connectivity index (χ0n) is 9.96. The summed E-state index contributed by atoms with van der Waals surface area (Å²) in [5.41, 5.74) is -0.0311. The molecule has 0 aliphatic carbocycles. The van der Waals surface area contributed by atoms with Gasteiger partial charge in [-0.2, -0.15) is 0 Å². The van der Waals surface area contributed by atoms with Gasteiger partial charge in [-0.3, -0.25) is 0 Å². The van der Waals surface area contributed by atoms with E-state index >= 15 is 0 Å². The fraction of sp³-hybridized carbons (Fsp3) is 0.727. The Hall–Kier alpha value is -0.450. The molecule has 15 heavy (non-hydrogen) atoms. The first-order valence-electron chi connectivity index (χ1n) is 5.21. The van der Waals surface area contributed by atoms with Gasteiger partial charge in [-0.1, -0.05) is 0 Å². The van der Waals surface area contributed by atoms with Crippen LogP contribution >= 0.6 is 11.3 Å². The summed E-state index contributed by atoms with van der Waals surface area (Å²) in [7, 11) is 1.76. The summed E-state index contributed by atoms with van der Waals surface area (Å²) >= 11 is 1.75. The van der Waals surface area contributed by atoms with Gasteiger partial charge in [0.2, 0.25) is 0 Å².